The van der Waals surface area contributed by atoms with E-state index < -0.39 is 11.8 Å². The highest BCUT2D eigenvalue weighted by molar-refractivity contribution is 5.86. The Balaban J connectivity index is 2.43. The van der Waals surface area contributed by atoms with Gasteiger partial charge in [-0.2, -0.15) is 0 Å². The third kappa shape index (κ3) is 2.49. The van der Waals surface area contributed by atoms with Gasteiger partial charge in [-0.3, -0.25) is 10.0 Å². The molecule has 0 radical (unpaired) electrons. The number of carbonyl (C=O) groups excluding carboxylic acids is 1. The summed E-state index contributed by atoms with van der Waals surface area (Å²) in [5.74, 6) is -0.973. The maximum Gasteiger partial charge on any atom is 0.255 e. The molecular weight excluding hydrogens is 230 g/mol. The van der Waals surface area contributed by atoms with E-state index in [0.717, 1.165) is 5.56 Å². The van der Waals surface area contributed by atoms with Gasteiger partial charge in [-0.25, -0.2) is 5.48 Å². The number of hydrogen-bond acceptors (Lipinski definition) is 3. The average molecular weight is 243 g/mol. The summed E-state index contributed by atoms with van der Waals surface area (Å²) in [4.78, 5) is 11.8. The number of amides is 1. The van der Waals surface area contributed by atoms with Crippen LogP contribution in [-0.4, -0.2) is 16.2 Å². The molecule has 0 fully saturated rings. The second-order valence-electron chi connectivity index (χ2n) is 3.91. The second-order valence-corrected chi connectivity index (χ2v) is 3.91. The second kappa shape index (κ2) is 5.33. The van der Waals surface area contributed by atoms with Crippen molar-refractivity contribution in [2.75, 3.05) is 0 Å². The molecule has 4 nitrogen and oxygen atoms in total. The van der Waals surface area contributed by atoms with E-state index in [2.05, 4.69) is 0 Å². The molecule has 0 bridgehead atoms. The van der Waals surface area contributed by atoms with Crippen LogP contribution in [-0.2, 0) is 4.79 Å². The number of carbonyl (C=O) groups is 1. The minimum absolute atomic E-state index is 0.134. The predicted octanol–water partition coefficient (Wildman–Crippen LogP) is 2.03. The Morgan fingerprint density at radius 1 is 0.944 bits per heavy atom. The van der Waals surface area contributed by atoms with Gasteiger partial charge in [0.2, 0.25) is 0 Å². The van der Waals surface area contributed by atoms with E-state index in [4.69, 9.17) is 5.21 Å². The first-order valence-electron chi connectivity index (χ1n) is 5.50. The lowest BCUT2D eigenvalue weighted by molar-refractivity contribution is -0.129. The lowest BCUT2D eigenvalue weighted by Crippen LogP contribution is -2.27. The highest BCUT2D eigenvalue weighted by Gasteiger charge is 2.21. The van der Waals surface area contributed by atoms with Gasteiger partial charge in [0.1, 0.15) is 5.75 Å². The fourth-order valence-electron chi connectivity index (χ4n) is 1.87. The van der Waals surface area contributed by atoms with Gasteiger partial charge in [-0.1, -0.05) is 42.5 Å². The smallest absolute Gasteiger partial charge is 0.255 e. The molecule has 0 aromatic heterocycles. The molecule has 0 unspecified atom stereocenters. The first-order valence-corrected chi connectivity index (χ1v) is 5.50. The van der Waals surface area contributed by atoms with E-state index >= 15 is 0 Å². The molecular formula is C14H13NO3. The molecule has 0 spiro atoms. The average Bonchev–Trinajstić information content (AvgIpc) is 2.42. The number of benzene rings is 2. The fraction of sp³-hybridized carbons (Fsp3) is 0.0714. The summed E-state index contributed by atoms with van der Waals surface area (Å²) in [6, 6.07) is 15.5. The van der Waals surface area contributed by atoms with Crippen molar-refractivity contribution < 1.29 is 15.1 Å². The van der Waals surface area contributed by atoms with Crippen molar-refractivity contribution in [3.8, 4) is 5.75 Å². The lowest BCUT2D eigenvalue weighted by atomic mass is 9.91. The van der Waals surface area contributed by atoms with Crippen LogP contribution in [0.3, 0.4) is 0 Å². The Hall–Kier alpha value is -2.33. The zero-order valence-electron chi connectivity index (χ0n) is 9.58. The van der Waals surface area contributed by atoms with E-state index in [9.17, 15) is 9.90 Å². The van der Waals surface area contributed by atoms with Gasteiger partial charge in [0, 0.05) is 0 Å². The van der Waals surface area contributed by atoms with Crippen molar-refractivity contribution >= 4 is 5.91 Å². The van der Waals surface area contributed by atoms with Crippen LogP contribution >= 0.6 is 0 Å². The van der Waals surface area contributed by atoms with Gasteiger partial charge >= 0.3 is 0 Å². The summed E-state index contributed by atoms with van der Waals surface area (Å²) in [6.07, 6.45) is 0. The molecule has 2 aromatic rings. The van der Waals surface area contributed by atoms with Crippen molar-refractivity contribution in [3.05, 3.63) is 65.7 Å². The largest absolute Gasteiger partial charge is 0.508 e. The normalized spacial score (nSPS) is 11.8. The van der Waals surface area contributed by atoms with E-state index in [0.29, 0.717) is 5.56 Å². The Morgan fingerprint density at radius 3 is 2.06 bits per heavy atom. The summed E-state index contributed by atoms with van der Waals surface area (Å²) >= 11 is 0. The van der Waals surface area contributed by atoms with E-state index in [1.54, 1.807) is 17.6 Å². The summed E-state index contributed by atoms with van der Waals surface area (Å²) in [6.45, 7) is 0. The van der Waals surface area contributed by atoms with E-state index in [1.807, 2.05) is 30.3 Å². The van der Waals surface area contributed by atoms with Crippen molar-refractivity contribution in [2.24, 2.45) is 0 Å². The van der Waals surface area contributed by atoms with Crippen LogP contribution in [0, 0.1) is 0 Å². The minimum atomic E-state index is -0.600. The number of phenolic OH excluding ortho intramolecular Hbond substituents is 1. The first kappa shape index (κ1) is 12.1. The Bertz CT molecular complexity index is 522. The standard InChI is InChI=1S/C14H13NO3/c16-12-8-6-11(7-9-12)13(14(17)15-18)10-4-2-1-3-5-10/h1-9,13,16,18H,(H,15,17)/t13-/m0/s1. The third-order valence-electron chi connectivity index (χ3n) is 2.73. The molecule has 0 aliphatic carbocycles. The SMILES string of the molecule is O=C(NO)[C@@H](c1ccccc1)c1ccc(O)cc1. The maximum atomic E-state index is 11.8. The quantitative estimate of drug-likeness (QED) is 0.570. The van der Waals surface area contributed by atoms with Crippen LogP contribution in [0.15, 0.2) is 54.6 Å². The molecule has 4 heteroatoms. The summed E-state index contributed by atoms with van der Waals surface area (Å²) < 4.78 is 0. The Kier molecular flexibility index (Phi) is 3.60. The summed E-state index contributed by atoms with van der Waals surface area (Å²) in [7, 11) is 0. The highest BCUT2D eigenvalue weighted by atomic mass is 16.5. The molecule has 0 heterocycles. The maximum absolute atomic E-state index is 11.8. The van der Waals surface area contributed by atoms with Crippen molar-refractivity contribution in [3.63, 3.8) is 0 Å². The number of aromatic hydroxyl groups is 1. The van der Waals surface area contributed by atoms with Gasteiger partial charge in [0.05, 0.1) is 5.92 Å². The number of hydroxylamine groups is 1. The molecule has 1 amide bonds. The van der Waals surface area contributed by atoms with Crippen molar-refractivity contribution in [2.45, 2.75) is 5.92 Å². The van der Waals surface area contributed by atoms with Crippen LogP contribution in [0.25, 0.3) is 0 Å². The topological polar surface area (TPSA) is 69.6 Å². The van der Waals surface area contributed by atoms with Crippen LogP contribution in [0.4, 0.5) is 0 Å². The minimum Gasteiger partial charge on any atom is -0.508 e. The van der Waals surface area contributed by atoms with Crippen LogP contribution in [0.1, 0.15) is 17.0 Å². The van der Waals surface area contributed by atoms with Crippen molar-refractivity contribution in [1.82, 2.24) is 5.48 Å². The van der Waals surface area contributed by atoms with Crippen LogP contribution < -0.4 is 5.48 Å². The summed E-state index contributed by atoms with van der Waals surface area (Å²) in [5, 5.41) is 18.1. The predicted molar refractivity (Wildman–Crippen MR) is 66.3 cm³/mol. The zero-order chi connectivity index (χ0) is 13.0. The molecule has 3 N–H and O–H groups in total. The zero-order valence-corrected chi connectivity index (χ0v) is 9.58. The molecule has 92 valence electrons. The number of nitrogens with one attached hydrogen (secondary N) is 1. The Morgan fingerprint density at radius 2 is 1.50 bits per heavy atom. The third-order valence-corrected chi connectivity index (χ3v) is 2.73. The van der Waals surface area contributed by atoms with Crippen LogP contribution in [0.5, 0.6) is 5.75 Å². The molecule has 1 atom stereocenters. The van der Waals surface area contributed by atoms with Gasteiger partial charge in [-0.05, 0) is 23.3 Å². The van der Waals surface area contributed by atoms with Crippen LogP contribution in [0.2, 0.25) is 0 Å². The number of phenols is 1. The fourth-order valence-corrected chi connectivity index (χ4v) is 1.87. The highest BCUT2D eigenvalue weighted by Crippen LogP contribution is 2.26. The van der Waals surface area contributed by atoms with Gasteiger partial charge in [-0.15, -0.1) is 0 Å². The molecule has 0 aliphatic heterocycles. The molecule has 2 aromatic carbocycles. The van der Waals surface area contributed by atoms with Gasteiger partial charge < -0.3 is 5.11 Å². The monoisotopic (exact) mass is 243 g/mol. The summed E-state index contributed by atoms with van der Waals surface area (Å²) in [5.41, 5.74) is 3.15. The number of hydrogen-bond donors (Lipinski definition) is 3. The molecule has 2 rings (SSSR count). The van der Waals surface area contributed by atoms with Gasteiger partial charge in [0.25, 0.3) is 5.91 Å². The molecule has 18 heavy (non-hydrogen) atoms. The number of rotatable bonds is 3. The molecule has 0 saturated heterocycles. The Labute approximate surface area is 104 Å². The molecule has 0 saturated carbocycles. The lowest BCUT2D eigenvalue weighted by Gasteiger charge is -2.15. The van der Waals surface area contributed by atoms with E-state index in [1.165, 1.54) is 12.1 Å². The molecule has 0 aliphatic rings. The van der Waals surface area contributed by atoms with E-state index in [-0.39, 0.29) is 5.75 Å². The van der Waals surface area contributed by atoms with Gasteiger partial charge in [0.15, 0.2) is 0 Å². The first-order chi connectivity index (χ1) is 8.72. The van der Waals surface area contributed by atoms with Crippen molar-refractivity contribution in [1.29, 1.82) is 0 Å².